The van der Waals surface area contributed by atoms with Crippen LogP contribution in [0.3, 0.4) is 0 Å². The van der Waals surface area contributed by atoms with Crippen LogP contribution in [0.5, 0.6) is 0 Å². The van der Waals surface area contributed by atoms with Gasteiger partial charge in [0.2, 0.25) is 11.8 Å². The maximum Gasteiger partial charge on any atom is 0.221 e. The highest BCUT2D eigenvalue weighted by Crippen LogP contribution is 2.32. The second-order valence-corrected chi connectivity index (χ2v) is 4.64. The molecule has 0 spiro atoms. The van der Waals surface area contributed by atoms with E-state index in [0.29, 0.717) is 19.4 Å². The average molecular weight is 261 g/mol. The molecule has 1 aliphatic heterocycles. The molecule has 5 heteroatoms. The van der Waals surface area contributed by atoms with Crippen molar-refractivity contribution in [1.82, 2.24) is 10.6 Å². The van der Waals surface area contributed by atoms with Crippen LogP contribution in [0, 0.1) is 0 Å². The van der Waals surface area contributed by atoms with E-state index < -0.39 is 0 Å². The molecule has 1 aromatic rings. The van der Waals surface area contributed by atoms with Gasteiger partial charge in [0.05, 0.1) is 0 Å². The summed E-state index contributed by atoms with van der Waals surface area (Å²) in [5.74, 6) is 0.150. The van der Waals surface area contributed by atoms with Crippen molar-refractivity contribution in [3.63, 3.8) is 0 Å². The Hall–Kier alpha value is -2.04. The lowest BCUT2D eigenvalue weighted by molar-refractivity contribution is -0.122. The molecule has 19 heavy (non-hydrogen) atoms. The smallest absolute Gasteiger partial charge is 0.221 e. The third-order valence-corrected chi connectivity index (χ3v) is 3.32. The Morgan fingerprint density at radius 2 is 2.11 bits per heavy atom. The molecule has 2 amide bonds. The molecule has 1 unspecified atom stereocenters. The van der Waals surface area contributed by atoms with E-state index in [2.05, 4.69) is 22.0 Å². The van der Waals surface area contributed by atoms with Gasteiger partial charge in [-0.2, -0.15) is 0 Å². The van der Waals surface area contributed by atoms with Crippen molar-refractivity contribution in [2.75, 3.05) is 25.5 Å². The molecule has 1 aliphatic rings. The average Bonchev–Trinajstić information content (AvgIpc) is 2.82. The Kier molecular flexibility index (Phi) is 4.39. The maximum atomic E-state index is 11.8. The van der Waals surface area contributed by atoms with Crippen molar-refractivity contribution in [2.45, 2.75) is 18.8 Å². The van der Waals surface area contributed by atoms with Gasteiger partial charge < -0.3 is 16.0 Å². The number of anilines is 1. The van der Waals surface area contributed by atoms with Crippen molar-refractivity contribution in [1.29, 1.82) is 0 Å². The standard InChI is InChI=1S/C14H19N3O2/c1-15-13(18)6-7-16-14(19)8-10-9-17-12-5-3-2-4-11(10)12/h2-5,10,17H,6-9H2,1H3,(H,15,18)(H,16,19). The first kappa shape index (κ1) is 13.4. The van der Waals surface area contributed by atoms with E-state index in [9.17, 15) is 9.59 Å². The van der Waals surface area contributed by atoms with Crippen LogP contribution in [0.2, 0.25) is 0 Å². The SMILES string of the molecule is CNC(=O)CCNC(=O)CC1CNc2ccccc21. The van der Waals surface area contributed by atoms with Crippen LogP contribution in [0.25, 0.3) is 0 Å². The normalized spacial score (nSPS) is 16.4. The van der Waals surface area contributed by atoms with Gasteiger partial charge in [0, 0.05) is 44.6 Å². The molecule has 3 N–H and O–H groups in total. The van der Waals surface area contributed by atoms with Gasteiger partial charge in [-0.25, -0.2) is 0 Å². The highest BCUT2D eigenvalue weighted by atomic mass is 16.2. The monoisotopic (exact) mass is 261 g/mol. The van der Waals surface area contributed by atoms with E-state index in [4.69, 9.17) is 0 Å². The highest BCUT2D eigenvalue weighted by Gasteiger charge is 2.23. The second kappa shape index (κ2) is 6.22. The Bertz CT molecular complexity index is 474. The summed E-state index contributed by atoms with van der Waals surface area (Å²) in [5, 5.41) is 8.60. The molecule has 0 fully saturated rings. The summed E-state index contributed by atoms with van der Waals surface area (Å²) < 4.78 is 0. The fourth-order valence-electron chi connectivity index (χ4n) is 2.28. The topological polar surface area (TPSA) is 70.2 Å². The van der Waals surface area contributed by atoms with Gasteiger partial charge in [-0.15, -0.1) is 0 Å². The lowest BCUT2D eigenvalue weighted by Gasteiger charge is -2.10. The molecular weight excluding hydrogens is 242 g/mol. The Morgan fingerprint density at radius 1 is 1.32 bits per heavy atom. The first-order chi connectivity index (χ1) is 9.20. The summed E-state index contributed by atoms with van der Waals surface area (Å²) in [5.41, 5.74) is 2.31. The Morgan fingerprint density at radius 3 is 2.89 bits per heavy atom. The largest absolute Gasteiger partial charge is 0.384 e. The van der Waals surface area contributed by atoms with Crippen LogP contribution in [-0.2, 0) is 9.59 Å². The Balaban J connectivity index is 1.79. The van der Waals surface area contributed by atoms with Gasteiger partial charge >= 0.3 is 0 Å². The summed E-state index contributed by atoms with van der Waals surface area (Å²) in [6.45, 7) is 1.18. The predicted molar refractivity (Wildman–Crippen MR) is 74.0 cm³/mol. The quantitative estimate of drug-likeness (QED) is 0.735. The van der Waals surface area contributed by atoms with E-state index in [1.54, 1.807) is 7.05 Å². The lowest BCUT2D eigenvalue weighted by atomic mass is 9.97. The van der Waals surface area contributed by atoms with E-state index >= 15 is 0 Å². The van der Waals surface area contributed by atoms with Gasteiger partial charge in [0.1, 0.15) is 0 Å². The highest BCUT2D eigenvalue weighted by molar-refractivity contribution is 5.80. The van der Waals surface area contributed by atoms with Crippen molar-refractivity contribution < 1.29 is 9.59 Å². The predicted octanol–water partition coefficient (Wildman–Crippen LogP) is 0.838. The molecule has 0 radical (unpaired) electrons. The van der Waals surface area contributed by atoms with Crippen molar-refractivity contribution >= 4 is 17.5 Å². The molecule has 0 bridgehead atoms. The summed E-state index contributed by atoms with van der Waals surface area (Å²) in [6, 6.07) is 8.05. The van der Waals surface area contributed by atoms with Crippen LogP contribution in [0.15, 0.2) is 24.3 Å². The number of para-hydroxylation sites is 1. The minimum atomic E-state index is -0.0619. The maximum absolute atomic E-state index is 11.8. The van der Waals surface area contributed by atoms with Crippen LogP contribution >= 0.6 is 0 Å². The van der Waals surface area contributed by atoms with E-state index in [1.165, 1.54) is 5.56 Å². The van der Waals surface area contributed by atoms with Crippen molar-refractivity contribution in [2.24, 2.45) is 0 Å². The molecule has 1 aromatic carbocycles. The van der Waals surface area contributed by atoms with E-state index in [-0.39, 0.29) is 17.7 Å². The van der Waals surface area contributed by atoms with Crippen LogP contribution in [0.1, 0.15) is 24.3 Å². The zero-order chi connectivity index (χ0) is 13.7. The molecule has 0 saturated heterocycles. The van der Waals surface area contributed by atoms with Gasteiger partial charge in [-0.05, 0) is 11.6 Å². The molecule has 0 saturated carbocycles. The molecule has 1 heterocycles. The summed E-state index contributed by atoms with van der Waals surface area (Å²) in [7, 11) is 1.59. The first-order valence-electron chi connectivity index (χ1n) is 6.50. The molecule has 2 rings (SSSR count). The number of nitrogens with one attached hydrogen (secondary N) is 3. The Labute approximate surface area is 112 Å². The summed E-state index contributed by atoms with van der Waals surface area (Å²) >= 11 is 0. The number of benzene rings is 1. The zero-order valence-electron chi connectivity index (χ0n) is 11.0. The molecule has 0 aromatic heterocycles. The fourth-order valence-corrected chi connectivity index (χ4v) is 2.28. The number of carbonyl (C=O) groups is 2. The third kappa shape index (κ3) is 3.47. The van der Waals surface area contributed by atoms with Crippen LogP contribution < -0.4 is 16.0 Å². The van der Waals surface area contributed by atoms with Gasteiger partial charge in [-0.1, -0.05) is 18.2 Å². The molecule has 5 nitrogen and oxygen atoms in total. The number of hydrogen-bond acceptors (Lipinski definition) is 3. The lowest BCUT2D eigenvalue weighted by Crippen LogP contribution is -2.30. The number of amides is 2. The van der Waals surface area contributed by atoms with Crippen LogP contribution in [0.4, 0.5) is 5.69 Å². The minimum absolute atomic E-state index is 0.00703. The van der Waals surface area contributed by atoms with E-state index in [0.717, 1.165) is 12.2 Å². The molecular formula is C14H19N3O2. The molecule has 102 valence electrons. The summed E-state index contributed by atoms with van der Waals surface area (Å²) in [6.07, 6.45) is 0.777. The number of fused-ring (bicyclic) bond motifs is 1. The zero-order valence-corrected chi connectivity index (χ0v) is 11.0. The number of hydrogen-bond donors (Lipinski definition) is 3. The van der Waals surface area contributed by atoms with Crippen molar-refractivity contribution in [3.8, 4) is 0 Å². The number of carbonyl (C=O) groups excluding carboxylic acids is 2. The van der Waals surface area contributed by atoms with Gasteiger partial charge in [0.25, 0.3) is 0 Å². The third-order valence-electron chi connectivity index (χ3n) is 3.32. The van der Waals surface area contributed by atoms with E-state index in [1.807, 2.05) is 18.2 Å². The second-order valence-electron chi connectivity index (χ2n) is 4.64. The van der Waals surface area contributed by atoms with Gasteiger partial charge in [-0.3, -0.25) is 9.59 Å². The van der Waals surface area contributed by atoms with Crippen molar-refractivity contribution in [3.05, 3.63) is 29.8 Å². The molecule has 0 aliphatic carbocycles. The van der Waals surface area contributed by atoms with Crippen LogP contribution in [-0.4, -0.2) is 32.0 Å². The minimum Gasteiger partial charge on any atom is -0.384 e. The first-order valence-corrected chi connectivity index (χ1v) is 6.50. The van der Waals surface area contributed by atoms with Gasteiger partial charge in [0.15, 0.2) is 0 Å². The summed E-state index contributed by atoms with van der Waals surface area (Å²) in [4.78, 5) is 22.8. The number of rotatable bonds is 5. The fraction of sp³-hybridized carbons (Fsp3) is 0.429. The molecule has 1 atom stereocenters.